The second-order valence-electron chi connectivity index (χ2n) is 5.69. The van der Waals surface area contributed by atoms with Crippen molar-refractivity contribution < 1.29 is 9.18 Å². The van der Waals surface area contributed by atoms with Gasteiger partial charge in [0.2, 0.25) is 0 Å². The first-order valence-corrected chi connectivity index (χ1v) is 7.47. The first kappa shape index (κ1) is 14.2. The van der Waals surface area contributed by atoms with Crippen molar-refractivity contribution in [1.82, 2.24) is 0 Å². The van der Waals surface area contributed by atoms with Crippen LogP contribution in [0.1, 0.15) is 51.9 Å². The molecule has 1 fully saturated rings. The summed E-state index contributed by atoms with van der Waals surface area (Å²) in [4.78, 5) is 12.5. The van der Waals surface area contributed by atoms with E-state index in [0.717, 1.165) is 30.8 Å². The van der Waals surface area contributed by atoms with Gasteiger partial charge >= 0.3 is 0 Å². The van der Waals surface area contributed by atoms with Crippen molar-refractivity contribution in [3.63, 3.8) is 0 Å². The Kier molecular flexibility index (Phi) is 5.12. The Balaban J connectivity index is 2.01. The molecule has 0 saturated heterocycles. The summed E-state index contributed by atoms with van der Waals surface area (Å²) in [7, 11) is 0. The van der Waals surface area contributed by atoms with Crippen molar-refractivity contribution in [3.05, 3.63) is 35.7 Å². The molecule has 0 radical (unpaired) electrons. The third kappa shape index (κ3) is 3.89. The van der Waals surface area contributed by atoms with Gasteiger partial charge in [0.25, 0.3) is 0 Å². The second-order valence-corrected chi connectivity index (χ2v) is 5.69. The van der Waals surface area contributed by atoms with Gasteiger partial charge in [-0.2, -0.15) is 0 Å². The second kappa shape index (κ2) is 6.83. The number of carbonyl (C=O) groups excluding carboxylic acids is 1. The van der Waals surface area contributed by atoms with E-state index in [0.29, 0.717) is 6.42 Å². The highest BCUT2D eigenvalue weighted by molar-refractivity contribution is 5.97. The van der Waals surface area contributed by atoms with E-state index in [1.54, 1.807) is 12.2 Å². The van der Waals surface area contributed by atoms with E-state index in [9.17, 15) is 9.18 Å². The molecular formula is C17H23FO. The largest absolute Gasteiger partial charge is 0.294 e. The highest BCUT2D eigenvalue weighted by Gasteiger charge is 2.25. The molecular weight excluding hydrogens is 239 g/mol. The standard InChI is InChI=1S/C17H23FO/c1-2-13-5-3-6-14(10-9-13)17(19)15-7-4-8-16(18)12-11-15/h4,8,11-14H,2-3,5-7,9-10H2,1H3. The van der Waals surface area contributed by atoms with E-state index in [2.05, 4.69) is 6.92 Å². The molecule has 0 amide bonds. The highest BCUT2D eigenvalue weighted by Crippen LogP contribution is 2.31. The number of allylic oxidation sites excluding steroid dienone is 6. The molecule has 0 aliphatic heterocycles. The van der Waals surface area contributed by atoms with Crippen LogP contribution < -0.4 is 0 Å². The number of carbonyl (C=O) groups is 1. The van der Waals surface area contributed by atoms with Gasteiger partial charge in [-0.05, 0) is 49.3 Å². The zero-order chi connectivity index (χ0) is 13.7. The first-order valence-electron chi connectivity index (χ1n) is 7.47. The molecule has 0 spiro atoms. The number of ketones is 1. The van der Waals surface area contributed by atoms with Crippen LogP contribution in [-0.2, 0) is 4.79 Å². The summed E-state index contributed by atoms with van der Waals surface area (Å²) in [6.07, 6.45) is 13.6. The first-order chi connectivity index (χ1) is 9.20. The third-order valence-electron chi connectivity index (χ3n) is 4.41. The summed E-state index contributed by atoms with van der Waals surface area (Å²) in [6, 6.07) is 0. The van der Waals surface area contributed by atoms with Gasteiger partial charge in [-0.25, -0.2) is 4.39 Å². The van der Waals surface area contributed by atoms with Crippen LogP contribution in [0.15, 0.2) is 35.7 Å². The van der Waals surface area contributed by atoms with Gasteiger partial charge in [-0.15, -0.1) is 0 Å². The maximum absolute atomic E-state index is 13.1. The van der Waals surface area contributed by atoms with E-state index in [1.807, 2.05) is 0 Å². The van der Waals surface area contributed by atoms with E-state index in [4.69, 9.17) is 0 Å². The van der Waals surface area contributed by atoms with Crippen LogP contribution in [0.2, 0.25) is 0 Å². The van der Waals surface area contributed by atoms with E-state index < -0.39 is 0 Å². The molecule has 0 heterocycles. The molecule has 2 aliphatic rings. The van der Waals surface area contributed by atoms with Gasteiger partial charge < -0.3 is 0 Å². The number of hydrogen-bond acceptors (Lipinski definition) is 1. The van der Waals surface area contributed by atoms with Crippen LogP contribution in [0, 0.1) is 11.8 Å². The maximum Gasteiger partial charge on any atom is 0.162 e. The average Bonchev–Trinajstić information content (AvgIpc) is 2.78. The van der Waals surface area contributed by atoms with Gasteiger partial charge in [0.15, 0.2) is 5.78 Å². The Morgan fingerprint density at radius 3 is 2.89 bits per heavy atom. The Bertz CT molecular complexity index is 417. The maximum atomic E-state index is 13.1. The molecule has 104 valence electrons. The van der Waals surface area contributed by atoms with E-state index in [1.165, 1.54) is 31.4 Å². The highest BCUT2D eigenvalue weighted by atomic mass is 19.1. The van der Waals surface area contributed by atoms with Crippen LogP contribution in [-0.4, -0.2) is 5.78 Å². The lowest BCUT2D eigenvalue weighted by Crippen LogP contribution is -2.16. The lowest BCUT2D eigenvalue weighted by atomic mass is 9.89. The zero-order valence-electron chi connectivity index (χ0n) is 11.7. The molecule has 2 heteroatoms. The fourth-order valence-corrected chi connectivity index (χ4v) is 3.10. The minimum atomic E-state index is -0.269. The predicted octanol–water partition coefficient (Wildman–Crippen LogP) is 4.90. The van der Waals surface area contributed by atoms with Crippen LogP contribution in [0.3, 0.4) is 0 Å². The quantitative estimate of drug-likeness (QED) is 0.661. The summed E-state index contributed by atoms with van der Waals surface area (Å²) < 4.78 is 13.1. The summed E-state index contributed by atoms with van der Waals surface area (Å²) in [5, 5.41) is 0. The monoisotopic (exact) mass is 262 g/mol. The Hall–Kier alpha value is -1.18. The topological polar surface area (TPSA) is 17.1 Å². The lowest BCUT2D eigenvalue weighted by Gasteiger charge is -2.14. The van der Waals surface area contributed by atoms with Crippen molar-refractivity contribution in [2.24, 2.45) is 11.8 Å². The van der Waals surface area contributed by atoms with Gasteiger partial charge in [0.05, 0.1) is 0 Å². The molecule has 0 N–H and O–H groups in total. The zero-order valence-corrected chi connectivity index (χ0v) is 11.7. The van der Waals surface area contributed by atoms with Gasteiger partial charge in [-0.1, -0.05) is 38.3 Å². The predicted molar refractivity (Wildman–Crippen MR) is 76.4 cm³/mol. The molecule has 0 aromatic rings. The van der Waals surface area contributed by atoms with Gasteiger partial charge in [-0.3, -0.25) is 4.79 Å². The van der Waals surface area contributed by atoms with Crippen molar-refractivity contribution in [3.8, 4) is 0 Å². The number of rotatable bonds is 3. The van der Waals surface area contributed by atoms with Gasteiger partial charge in [0, 0.05) is 5.92 Å². The normalized spacial score (nSPS) is 28.1. The Morgan fingerprint density at radius 2 is 2.11 bits per heavy atom. The third-order valence-corrected chi connectivity index (χ3v) is 4.41. The lowest BCUT2D eigenvalue weighted by molar-refractivity contribution is -0.119. The van der Waals surface area contributed by atoms with Crippen LogP contribution in [0.25, 0.3) is 0 Å². The van der Waals surface area contributed by atoms with Crippen molar-refractivity contribution in [1.29, 1.82) is 0 Å². The number of Topliss-reactive ketones (excluding diaryl/α,β-unsaturated/α-hetero) is 1. The molecule has 2 unspecified atom stereocenters. The van der Waals surface area contributed by atoms with Crippen molar-refractivity contribution in [2.75, 3.05) is 0 Å². The molecule has 19 heavy (non-hydrogen) atoms. The Morgan fingerprint density at radius 1 is 1.26 bits per heavy atom. The summed E-state index contributed by atoms with van der Waals surface area (Å²) in [6.45, 7) is 2.24. The van der Waals surface area contributed by atoms with Crippen LogP contribution >= 0.6 is 0 Å². The SMILES string of the molecule is CCC1CCCC(C(=O)C2=CC=C(F)C=CC2)CC1. The molecule has 1 saturated carbocycles. The fourth-order valence-electron chi connectivity index (χ4n) is 3.10. The fraction of sp³-hybridized carbons (Fsp3) is 0.588. The molecule has 2 aliphatic carbocycles. The molecule has 1 nitrogen and oxygen atoms in total. The number of hydrogen-bond donors (Lipinski definition) is 0. The molecule has 2 atom stereocenters. The summed E-state index contributed by atoms with van der Waals surface area (Å²) in [5.41, 5.74) is 0.767. The van der Waals surface area contributed by atoms with E-state index in [-0.39, 0.29) is 17.5 Å². The van der Waals surface area contributed by atoms with Crippen LogP contribution in [0.4, 0.5) is 4.39 Å². The molecule has 0 aromatic heterocycles. The van der Waals surface area contributed by atoms with Crippen molar-refractivity contribution in [2.45, 2.75) is 51.9 Å². The molecule has 0 bridgehead atoms. The van der Waals surface area contributed by atoms with Gasteiger partial charge in [0.1, 0.15) is 5.83 Å². The molecule has 0 aromatic carbocycles. The summed E-state index contributed by atoms with van der Waals surface area (Å²) >= 11 is 0. The van der Waals surface area contributed by atoms with Crippen molar-refractivity contribution >= 4 is 5.78 Å². The summed E-state index contributed by atoms with van der Waals surface area (Å²) in [5.74, 6) is 0.922. The minimum Gasteiger partial charge on any atom is -0.294 e. The number of halogens is 1. The Labute approximate surface area is 115 Å². The smallest absolute Gasteiger partial charge is 0.162 e. The minimum absolute atomic E-state index is 0.158. The molecule has 2 rings (SSSR count). The van der Waals surface area contributed by atoms with Crippen LogP contribution in [0.5, 0.6) is 0 Å². The average molecular weight is 262 g/mol. The van der Waals surface area contributed by atoms with E-state index >= 15 is 0 Å².